The van der Waals surface area contributed by atoms with Crippen molar-refractivity contribution in [2.75, 3.05) is 5.32 Å². The smallest absolute Gasteiger partial charge is 0.206 e. The summed E-state index contributed by atoms with van der Waals surface area (Å²) in [4.78, 5) is 5.51. The maximum Gasteiger partial charge on any atom is 0.206 e. The number of fused-ring (bicyclic) bond motifs is 1. The first-order valence-electron chi connectivity index (χ1n) is 8.10. The van der Waals surface area contributed by atoms with Gasteiger partial charge >= 0.3 is 0 Å². The van der Waals surface area contributed by atoms with Gasteiger partial charge in [-0.1, -0.05) is 60.0 Å². The predicted molar refractivity (Wildman–Crippen MR) is 101 cm³/mol. The van der Waals surface area contributed by atoms with E-state index in [2.05, 4.69) is 20.5 Å². The second kappa shape index (κ2) is 7.25. The van der Waals surface area contributed by atoms with Crippen molar-refractivity contribution in [3.05, 3.63) is 35.5 Å². The van der Waals surface area contributed by atoms with E-state index in [1.165, 1.54) is 32.1 Å². The van der Waals surface area contributed by atoms with E-state index in [0.717, 1.165) is 25.3 Å². The highest BCUT2D eigenvalue weighted by molar-refractivity contribution is 8.01. The van der Waals surface area contributed by atoms with E-state index in [-0.39, 0.29) is 0 Å². The van der Waals surface area contributed by atoms with E-state index in [0.29, 0.717) is 11.1 Å². The molecule has 0 radical (unpaired) electrons. The third-order valence-electron chi connectivity index (χ3n) is 4.20. The van der Waals surface area contributed by atoms with Crippen LogP contribution in [0.15, 0.2) is 39.7 Å². The monoisotopic (exact) mass is 376 g/mol. The third-order valence-corrected chi connectivity index (χ3v) is 6.42. The minimum atomic E-state index is 0.549. The van der Waals surface area contributed by atoms with Crippen LogP contribution in [0.1, 0.15) is 32.1 Å². The molecule has 1 aliphatic rings. The highest BCUT2D eigenvalue weighted by Crippen LogP contribution is 2.36. The van der Waals surface area contributed by atoms with E-state index in [1.807, 2.05) is 30.5 Å². The second-order valence-electron chi connectivity index (χ2n) is 5.93. The van der Waals surface area contributed by atoms with Gasteiger partial charge in [0.05, 0.1) is 5.52 Å². The number of pyridine rings is 1. The first kappa shape index (κ1) is 16.1. The fourth-order valence-electron chi connectivity index (χ4n) is 3.01. The molecule has 0 atom stereocenters. The molecule has 4 nitrogen and oxygen atoms in total. The fraction of sp³-hybridized carbons (Fsp3) is 0.353. The molecule has 4 rings (SSSR count). The summed E-state index contributed by atoms with van der Waals surface area (Å²) in [7, 11) is 0. The molecule has 0 spiro atoms. The van der Waals surface area contributed by atoms with Crippen molar-refractivity contribution >= 4 is 50.7 Å². The molecule has 3 aromatic rings. The Balaban J connectivity index is 1.51. The lowest BCUT2D eigenvalue weighted by Crippen LogP contribution is -2.21. The normalized spacial score (nSPS) is 15.7. The number of rotatable bonds is 4. The van der Waals surface area contributed by atoms with Crippen molar-refractivity contribution in [2.45, 2.75) is 47.4 Å². The summed E-state index contributed by atoms with van der Waals surface area (Å²) < 4.78 is 0.941. The Bertz CT molecular complexity index is 845. The van der Waals surface area contributed by atoms with Gasteiger partial charge < -0.3 is 5.32 Å². The molecule has 0 bridgehead atoms. The highest BCUT2D eigenvalue weighted by atomic mass is 35.5. The van der Waals surface area contributed by atoms with Crippen LogP contribution in [0.2, 0.25) is 5.02 Å². The molecule has 7 heteroatoms. The molecule has 24 heavy (non-hydrogen) atoms. The zero-order valence-electron chi connectivity index (χ0n) is 13.0. The van der Waals surface area contributed by atoms with Gasteiger partial charge in [0.2, 0.25) is 5.13 Å². The van der Waals surface area contributed by atoms with Crippen LogP contribution in [-0.4, -0.2) is 21.2 Å². The van der Waals surface area contributed by atoms with Crippen LogP contribution >= 0.6 is 34.7 Å². The molecule has 1 fully saturated rings. The van der Waals surface area contributed by atoms with Gasteiger partial charge in [-0.15, -0.1) is 10.2 Å². The Kier molecular flexibility index (Phi) is 4.87. The van der Waals surface area contributed by atoms with E-state index in [9.17, 15) is 0 Å². The molecule has 1 N–H and O–H groups in total. The SMILES string of the molecule is Clc1ccc2c(Sc3nnc(NC4CCCCC4)s3)ccnc2c1. The predicted octanol–water partition coefficient (Wildman–Crippen LogP) is 5.64. The molecule has 124 valence electrons. The summed E-state index contributed by atoms with van der Waals surface area (Å²) in [5.74, 6) is 0. The van der Waals surface area contributed by atoms with Crippen LogP contribution in [0.5, 0.6) is 0 Å². The van der Waals surface area contributed by atoms with E-state index < -0.39 is 0 Å². The molecular formula is C17H17ClN4S2. The first-order chi connectivity index (χ1) is 11.8. The molecular weight excluding hydrogens is 360 g/mol. The number of anilines is 1. The molecule has 0 unspecified atom stereocenters. The number of nitrogens with one attached hydrogen (secondary N) is 1. The van der Waals surface area contributed by atoms with Gasteiger partial charge in [0.25, 0.3) is 0 Å². The molecule has 1 aliphatic carbocycles. The van der Waals surface area contributed by atoms with E-state index >= 15 is 0 Å². The molecule has 2 heterocycles. The van der Waals surface area contributed by atoms with Crippen molar-refractivity contribution in [3.8, 4) is 0 Å². The second-order valence-corrected chi connectivity index (χ2v) is 8.63. The van der Waals surface area contributed by atoms with Crippen LogP contribution in [0, 0.1) is 0 Å². The maximum atomic E-state index is 6.05. The lowest BCUT2D eigenvalue weighted by molar-refractivity contribution is 0.462. The fourth-order valence-corrected chi connectivity index (χ4v) is 5.08. The minimum Gasteiger partial charge on any atom is -0.357 e. The van der Waals surface area contributed by atoms with Gasteiger partial charge in [-0.25, -0.2) is 0 Å². The molecule has 0 saturated heterocycles. The Morgan fingerprint density at radius 1 is 1.12 bits per heavy atom. The van der Waals surface area contributed by atoms with Crippen LogP contribution in [0.3, 0.4) is 0 Å². The zero-order chi connectivity index (χ0) is 16.4. The average Bonchev–Trinajstić information content (AvgIpc) is 3.03. The highest BCUT2D eigenvalue weighted by Gasteiger charge is 2.15. The summed E-state index contributed by atoms with van der Waals surface area (Å²) in [5.41, 5.74) is 0.901. The average molecular weight is 377 g/mol. The van der Waals surface area contributed by atoms with Crippen LogP contribution in [0.25, 0.3) is 10.9 Å². The molecule has 0 aliphatic heterocycles. The number of aromatic nitrogens is 3. The van der Waals surface area contributed by atoms with Crippen molar-refractivity contribution in [1.82, 2.24) is 15.2 Å². The Morgan fingerprint density at radius 3 is 2.88 bits per heavy atom. The summed E-state index contributed by atoms with van der Waals surface area (Å²) in [5, 5.41) is 14.9. The van der Waals surface area contributed by atoms with Gasteiger partial charge in [-0.2, -0.15) is 0 Å². The van der Waals surface area contributed by atoms with Crippen LogP contribution in [0.4, 0.5) is 5.13 Å². The largest absolute Gasteiger partial charge is 0.357 e. The standard InChI is InChI=1S/C17H17ClN4S2/c18-11-6-7-13-14(10-11)19-9-8-15(13)23-17-22-21-16(24-17)20-12-4-2-1-3-5-12/h6-10,12H,1-5H2,(H,20,21). The van der Waals surface area contributed by atoms with Crippen molar-refractivity contribution in [3.63, 3.8) is 0 Å². The van der Waals surface area contributed by atoms with Crippen molar-refractivity contribution in [2.24, 2.45) is 0 Å². The van der Waals surface area contributed by atoms with Gasteiger partial charge in [-0.3, -0.25) is 4.98 Å². The van der Waals surface area contributed by atoms with Crippen molar-refractivity contribution in [1.29, 1.82) is 0 Å². The molecule has 0 amide bonds. The quantitative estimate of drug-likeness (QED) is 0.638. The van der Waals surface area contributed by atoms with Gasteiger partial charge in [0.15, 0.2) is 4.34 Å². The summed E-state index contributed by atoms with van der Waals surface area (Å²) in [6, 6.07) is 8.35. The third kappa shape index (κ3) is 3.66. The summed E-state index contributed by atoms with van der Waals surface area (Å²) in [6.45, 7) is 0. The number of hydrogen-bond donors (Lipinski definition) is 1. The topological polar surface area (TPSA) is 50.7 Å². The summed E-state index contributed by atoms with van der Waals surface area (Å²) >= 11 is 9.30. The number of hydrogen-bond acceptors (Lipinski definition) is 6. The van der Waals surface area contributed by atoms with Crippen LogP contribution < -0.4 is 5.32 Å². The molecule has 1 saturated carbocycles. The van der Waals surface area contributed by atoms with E-state index in [4.69, 9.17) is 11.6 Å². The minimum absolute atomic E-state index is 0.549. The van der Waals surface area contributed by atoms with Gasteiger partial charge in [-0.05, 0) is 31.0 Å². The van der Waals surface area contributed by atoms with E-state index in [1.54, 1.807) is 23.1 Å². The molecule has 2 aromatic heterocycles. The first-order valence-corrected chi connectivity index (χ1v) is 10.1. The lowest BCUT2D eigenvalue weighted by Gasteiger charge is -2.21. The number of halogens is 1. The molecule has 1 aromatic carbocycles. The van der Waals surface area contributed by atoms with Crippen molar-refractivity contribution < 1.29 is 0 Å². The lowest BCUT2D eigenvalue weighted by atomic mass is 9.96. The summed E-state index contributed by atoms with van der Waals surface area (Å²) in [6.07, 6.45) is 8.25. The Hall–Kier alpha value is -1.37. The number of nitrogens with zero attached hydrogens (tertiary/aromatic N) is 3. The van der Waals surface area contributed by atoms with Gasteiger partial charge in [0.1, 0.15) is 0 Å². The maximum absolute atomic E-state index is 6.05. The number of benzene rings is 1. The Morgan fingerprint density at radius 2 is 2.00 bits per heavy atom. The zero-order valence-corrected chi connectivity index (χ0v) is 15.4. The van der Waals surface area contributed by atoms with Crippen LogP contribution in [-0.2, 0) is 0 Å². The van der Waals surface area contributed by atoms with Gasteiger partial charge in [0, 0.05) is 27.5 Å². The Labute approximate surface area is 154 Å².